The Bertz CT molecular complexity index is 1540. The zero-order valence-corrected chi connectivity index (χ0v) is 33.1. The fraction of sp³-hybridized carbons (Fsp3) is 0.611. The molecule has 1 amide bonds. The van der Waals surface area contributed by atoms with Crippen LogP contribution < -0.4 is 19.5 Å². The Hall–Kier alpha value is -2.24. The van der Waals surface area contributed by atoms with Gasteiger partial charge in [0.1, 0.15) is 11.8 Å². The number of nitriles is 1. The number of rotatable bonds is 11. The number of hydrogen-bond acceptors (Lipinski definition) is 9. The molecule has 0 aromatic heterocycles. The minimum Gasteiger partial charge on any atom is -0.507 e. The quantitative estimate of drug-likeness (QED) is 0.252. The molecular formula is C36H48AcN4O6. The summed E-state index contributed by atoms with van der Waals surface area (Å²) in [6, 6.07) is 3.02. The van der Waals surface area contributed by atoms with Crippen molar-refractivity contribution in [1.29, 1.82) is 5.26 Å². The summed E-state index contributed by atoms with van der Waals surface area (Å²) in [5.74, 6) is 1.80. The first-order valence-electron chi connectivity index (χ1n) is 16.9. The van der Waals surface area contributed by atoms with Crippen LogP contribution >= 0.6 is 0 Å². The van der Waals surface area contributed by atoms with Crippen molar-refractivity contribution in [1.82, 2.24) is 15.1 Å². The van der Waals surface area contributed by atoms with Crippen molar-refractivity contribution in [3.8, 4) is 34.8 Å². The number of likely N-dealkylation sites (N-methyl/N-ethyl adjacent to an activating group) is 1. The number of benzene rings is 2. The fourth-order valence-corrected chi connectivity index (χ4v) is 8.58. The van der Waals surface area contributed by atoms with E-state index in [-0.39, 0.29) is 92.9 Å². The molecule has 4 aliphatic heterocycles. The average Bonchev–Trinajstić information content (AvgIpc) is 3.53. The second-order valence-corrected chi connectivity index (χ2v) is 13.4. The van der Waals surface area contributed by atoms with Gasteiger partial charge in [-0.05, 0) is 51.3 Å². The van der Waals surface area contributed by atoms with E-state index in [1.807, 2.05) is 20.9 Å². The molecule has 4 heterocycles. The predicted octanol–water partition coefficient (Wildman–Crippen LogP) is 5.48. The summed E-state index contributed by atoms with van der Waals surface area (Å²) in [5.41, 5.74) is 4.79. The molecule has 2 aromatic carbocycles. The van der Waals surface area contributed by atoms with E-state index in [0.29, 0.717) is 42.1 Å². The number of ether oxygens (including phenoxy) is 3. The van der Waals surface area contributed by atoms with E-state index < -0.39 is 12.1 Å². The Morgan fingerprint density at radius 1 is 1.04 bits per heavy atom. The molecule has 1 saturated heterocycles. The van der Waals surface area contributed by atoms with Crippen LogP contribution in [0.15, 0.2) is 6.07 Å². The van der Waals surface area contributed by atoms with Gasteiger partial charge in [0, 0.05) is 91.4 Å². The third-order valence-electron chi connectivity index (χ3n) is 10.8. The maximum Gasteiger partial charge on any atom is 0.231 e. The van der Waals surface area contributed by atoms with E-state index >= 15 is 0 Å². The number of phenols is 2. The van der Waals surface area contributed by atoms with Gasteiger partial charge in [0.15, 0.2) is 23.0 Å². The van der Waals surface area contributed by atoms with Crippen molar-refractivity contribution < 1.29 is 73.3 Å². The monoisotopic (exact) mass is 859 g/mol. The number of carbonyl (C=O) groups is 1. The fourth-order valence-electron chi connectivity index (χ4n) is 8.58. The number of phenolic OH excluding ortho intramolecular Hbond substituents is 2. The number of nitrogens with zero attached hydrogens (tertiary/aromatic N) is 3. The Labute approximate surface area is 314 Å². The van der Waals surface area contributed by atoms with Gasteiger partial charge in [-0.25, -0.2) is 0 Å². The van der Waals surface area contributed by atoms with Gasteiger partial charge in [-0.1, -0.05) is 51.5 Å². The van der Waals surface area contributed by atoms with Crippen molar-refractivity contribution in [3.05, 3.63) is 39.4 Å². The van der Waals surface area contributed by atoms with Crippen LogP contribution in [0.1, 0.15) is 104 Å². The molecule has 0 saturated carbocycles. The zero-order valence-electron chi connectivity index (χ0n) is 28.4. The van der Waals surface area contributed by atoms with Crippen LogP contribution in [0.5, 0.6) is 28.7 Å². The number of hydrogen-bond donors (Lipinski definition) is 3. The summed E-state index contributed by atoms with van der Waals surface area (Å²) in [5, 5.41) is 37.2. The van der Waals surface area contributed by atoms with Gasteiger partial charge < -0.3 is 29.7 Å². The third kappa shape index (κ3) is 6.33. The number of aromatic hydroxyl groups is 2. The Kier molecular flexibility index (Phi) is 11.6. The van der Waals surface area contributed by atoms with Crippen molar-refractivity contribution in [2.45, 2.75) is 115 Å². The van der Waals surface area contributed by atoms with Crippen molar-refractivity contribution in [2.24, 2.45) is 0 Å². The molecule has 10 nitrogen and oxygen atoms in total. The van der Waals surface area contributed by atoms with E-state index in [1.54, 1.807) is 7.11 Å². The smallest absolute Gasteiger partial charge is 0.231 e. The molecule has 5 atom stereocenters. The van der Waals surface area contributed by atoms with Gasteiger partial charge in [0.2, 0.25) is 12.7 Å². The SMILES string of the molecule is CCCCCCCCCC(=O)NC[C@H]1c2c(c(O)c(C)c3c2OCO3)CC2C3c4c(cc(C)c(OC)c4O)C[C@@H]([C@H](C#N)N21)N3C.[Ac]. The predicted molar refractivity (Wildman–Crippen MR) is 173 cm³/mol. The summed E-state index contributed by atoms with van der Waals surface area (Å²) in [6.45, 7) is 6.26. The number of fused-ring (bicyclic) bond motifs is 9. The average molecular weight is 860 g/mol. The van der Waals surface area contributed by atoms with E-state index in [9.17, 15) is 20.3 Å². The van der Waals surface area contributed by atoms with Gasteiger partial charge in [0.25, 0.3) is 0 Å². The summed E-state index contributed by atoms with van der Waals surface area (Å²) in [6.07, 6.45) is 9.39. The minimum absolute atomic E-state index is 0. The molecule has 47 heavy (non-hydrogen) atoms. The molecule has 3 N–H and O–H groups in total. The molecule has 4 aliphatic rings. The normalized spacial score (nSPS) is 24.0. The number of methoxy groups -OCH3 is 1. The molecule has 11 heteroatoms. The van der Waals surface area contributed by atoms with Crippen molar-refractivity contribution in [3.63, 3.8) is 0 Å². The topological polar surface area (TPSA) is 128 Å². The van der Waals surface area contributed by atoms with Gasteiger partial charge in [-0.3, -0.25) is 14.6 Å². The van der Waals surface area contributed by atoms with Crippen LogP contribution in [0, 0.1) is 69.2 Å². The second-order valence-electron chi connectivity index (χ2n) is 13.4. The largest absolute Gasteiger partial charge is 0.507 e. The number of nitrogens with one attached hydrogen (secondary N) is 1. The maximum absolute atomic E-state index is 13.2. The molecule has 6 rings (SSSR count). The molecular weight excluding hydrogens is 811 g/mol. The molecule has 251 valence electrons. The minimum atomic E-state index is -0.511. The molecule has 2 bridgehead atoms. The van der Waals surface area contributed by atoms with E-state index in [2.05, 4.69) is 34.2 Å². The van der Waals surface area contributed by atoms with Crippen LogP contribution in [0.25, 0.3) is 0 Å². The maximum atomic E-state index is 13.2. The van der Waals surface area contributed by atoms with Crippen LogP contribution in [-0.2, 0) is 17.6 Å². The van der Waals surface area contributed by atoms with Crippen LogP contribution in [0.4, 0.5) is 0 Å². The zero-order chi connectivity index (χ0) is 32.7. The van der Waals surface area contributed by atoms with E-state index in [1.165, 1.54) is 25.7 Å². The first-order chi connectivity index (χ1) is 22.2. The summed E-state index contributed by atoms with van der Waals surface area (Å²) >= 11 is 0. The Balaban J connectivity index is 0.00000433. The van der Waals surface area contributed by atoms with Gasteiger partial charge >= 0.3 is 0 Å². The van der Waals surface area contributed by atoms with Crippen molar-refractivity contribution in [2.75, 3.05) is 27.5 Å². The van der Waals surface area contributed by atoms with Gasteiger partial charge in [0.05, 0.1) is 25.3 Å². The number of unbranched alkanes of at least 4 members (excludes halogenated alkanes) is 6. The number of carbonyl (C=O) groups excluding carboxylic acids is 1. The molecule has 2 aromatic rings. The Morgan fingerprint density at radius 2 is 1.74 bits per heavy atom. The molecule has 2 unspecified atom stereocenters. The van der Waals surface area contributed by atoms with Gasteiger partial charge in [-0.15, -0.1) is 0 Å². The molecule has 0 spiro atoms. The Morgan fingerprint density at radius 3 is 2.45 bits per heavy atom. The molecule has 1 radical (unpaired) electrons. The van der Waals surface area contributed by atoms with Crippen molar-refractivity contribution >= 4 is 5.91 Å². The van der Waals surface area contributed by atoms with Gasteiger partial charge in [-0.2, -0.15) is 5.26 Å². The number of aryl methyl sites for hydroxylation is 1. The summed E-state index contributed by atoms with van der Waals surface area (Å²) in [4.78, 5) is 17.6. The second kappa shape index (κ2) is 15.1. The summed E-state index contributed by atoms with van der Waals surface area (Å²) in [7, 11) is 3.58. The van der Waals surface area contributed by atoms with Crippen LogP contribution in [-0.4, -0.2) is 71.5 Å². The van der Waals surface area contributed by atoms with E-state index in [4.69, 9.17) is 14.2 Å². The first kappa shape index (κ1) is 36.1. The third-order valence-corrected chi connectivity index (χ3v) is 10.8. The summed E-state index contributed by atoms with van der Waals surface area (Å²) < 4.78 is 17.5. The molecule has 1 fully saturated rings. The number of piperazine rings is 1. The molecule has 0 aliphatic carbocycles. The first-order valence-corrected chi connectivity index (χ1v) is 16.9. The van der Waals surface area contributed by atoms with Crippen LogP contribution in [0.2, 0.25) is 0 Å². The number of amides is 1. The van der Waals surface area contributed by atoms with Crippen LogP contribution in [0.3, 0.4) is 0 Å². The van der Waals surface area contributed by atoms with E-state index in [0.717, 1.165) is 47.1 Å². The standard InChI is InChI=1S/C36H48N4O6.Ac/c1-6-7-8-9-10-11-12-13-28(41)38-18-27-30-23(32(42)21(3)35-36(30)46-19-45-35)16-25-31-29-22(14-20(2)34(44-5)33(29)43)15-24(39(31)4)26(17-37)40(25)27;/h14,24-27,31,42-43H,6-13,15-16,18-19H2,1-5H3,(H,38,41);/t24-,25?,26-,27-,31?;/m0./s1.